The zero-order chi connectivity index (χ0) is 17.5. The number of carbonyl (C=O) groups excluding carboxylic acids is 1. The van der Waals surface area contributed by atoms with Crippen molar-refractivity contribution in [1.82, 2.24) is 19.7 Å². The smallest absolute Gasteiger partial charge is 0.227 e. The van der Waals surface area contributed by atoms with Gasteiger partial charge in [0, 0.05) is 31.5 Å². The zero-order valence-electron chi connectivity index (χ0n) is 14.9. The van der Waals surface area contributed by atoms with Gasteiger partial charge in [0.15, 0.2) is 0 Å². The summed E-state index contributed by atoms with van der Waals surface area (Å²) >= 11 is 0. The standard InChI is InChI=1S/C20H24N4O2/c25-19(11-14-3-6-18-15(10-14)7-9-26-18)23-8-1-2-16(12-23)20-22-21-13-24(20)17-4-5-17/h3,6,10,13,16-17H,1-2,4-5,7-9,11-12H2. The molecule has 1 aliphatic carbocycles. The van der Waals surface area contributed by atoms with Gasteiger partial charge in [-0.3, -0.25) is 4.79 Å². The van der Waals surface area contributed by atoms with E-state index in [2.05, 4.69) is 20.8 Å². The number of ether oxygens (including phenoxy) is 1. The minimum atomic E-state index is 0.214. The molecule has 3 heterocycles. The third-order valence-electron chi connectivity index (χ3n) is 5.79. The second kappa shape index (κ2) is 6.41. The summed E-state index contributed by atoms with van der Waals surface area (Å²) < 4.78 is 7.79. The van der Waals surface area contributed by atoms with Gasteiger partial charge in [-0.25, -0.2) is 0 Å². The summed E-state index contributed by atoms with van der Waals surface area (Å²) in [6, 6.07) is 6.74. The molecule has 3 aliphatic rings. The minimum absolute atomic E-state index is 0.214. The largest absolute Gasteiger partial charge is 0.493 e. The average molecular weight is 352 g/mol. The van der Waals surface area contributed by atoms with Crippen LogP contribution in [0.3, 0.4) is 0 Å². The lowest BCUT2D eigenvalue weighted by atomic mass is 9.96. The number of aromatic nitrogens is 3. The van der Waals surface area contributed by atoms with Crippen molar-refractivity contribution in [1.29, 1.82) is 0 Å². The first-order valence-corrected chi connectivity index (χ1v) is 9.70. The number of hydrogen-bond donors (Lipinski definition) is 0. The van der Waals surface area contributed by atoms with E-state index in [1.165, 1.54) is 18.4 Å². The highest BCUT2D eigenvalue weighted by Crippen LogP contribution is 2.38. The monoisotopic (exact) mass is 352 g/mol. The lowest BCUT2D eigenvalue weighted by Gasteiger charge is -2.32. The molecule has 1 aromatic carbocycles. The van der Waals surface area contributed by atoms with Crippen LogP contribution in [0.4, 0.5) is 0 Å². The summed E-state index contributed by atoms with van der Waals surface area (Å²) in [6.07, 6.45) is 7.85. The Morgan fingerprint density at radius 1 is 1.27 bits per heavy atom. The molecule has 26 heavy (non-hydrogen) atoms. The predicted molar refractivity (Wildman–Crippen MR) is 96.2 cm³/mol. The van der Waals surface area contributed by atoms with Gasteiger partial charge in [0.25, 0.3) is 0 Å². The first-order valence-electron chi connectivity index (χ1n) is 9.70. The van der Waals surface area contributed by atoms with Crippen LogP contribution in [0.15, 0.2) is 24.5 Å². The molecule has 1 saturated carbocycles. The molecular formula is C20H24N4O2. The van der Waals surface area contributed by atoms with E-state index in [1.54, 1.807) is 0 Å². The van der Waals surface area contributed by atoms with Gasteiger partial charge < -0.3 is 14.2 Å². The van der Waals surface area contributed by atoms with Crippen LogP contribution >= 0.6 is 0 Å². The van der Waals surface area contributed by atoms with Crippen molar-refractivity contribution in [2.45, 2.75) is 50.5 Å². The first-order chi connectivity index (χ1) is 12.8. The summed E-state index contributed by atoms with van der Waals surface area (Å²) in [7, 11) is 0. The summed E-state index contributed by atoms with van der Waals surface area (Å²) in [5.41, 5.74) is 2.31. The highest BCUT2D eigenvalue weighted by molar-refractivity contribution is 5.79. The summed E-state index contributed by atoms with van der Waals surface area (Å²) in [5, 5.41) is 8.51. The van der Waals surface area contributed by atoms with Gasteiger partial charge in [-0.2, -0.15) is 0 Å². The van der Waals surface area contributed by atoms with Crippen molar-refractivity contribution in [3.05, 3.63) is 41.5 Å². The second-order valence-corrected chi connectivity index (χ2v) is 7.72. The van der Waals surface area contributed by atoms with Gasteiger partial charge in [0.05, 0.1) is 13.0 Å². The molecule has 0 radical (unpaired) electrons. The Hall–Kier alpha value is -2.37. The minimum Gasteiger partial charge on any atom is -0.493 e. The van der Waals surface area contributed by atoms with Crippen LogP contribution in [0, 0.1) is 0 Å². The van der Waals surface area contributed by atoms with Gasteiger partial charge in [-0.15, -0.1) is 10.2 Å². The molecule has 1 saturated heterocycles. The molecule has 1 unspecified atom stereocenters. The molecule has 0 bridgehead atoms. The van der Waals surface area contributed by atoms with Crippen molar-refractivity contribution in [3.8, 4) is 5.75 Å². The highest BCUT2D eigenvalue weighted by atomic mass is 16.5. The third kappa shape index (κ3) is 2.97. The fourth-order valence-corrected chi connectivity index (χ4v) is 4.23. The molecule has 1 aromatic heterocycles. The molecule has 6 nitrogen and oxygen atoms in total. The lowest BCUT2D eigenvalue weighted by Crippen LogP contribution is -2.40. The Kier molecular flexibility index (Phi) is 3.91. The molecule has 1 atom stereocenters. The Morgan fingerprint density at radius 3 is 3.08 bits per heavy atom. The number of rotatable bonds is 4. The molecule has 2 aliphatic heterocycles. The Labute approximate surface area is 153 Å². The number of carbonyl (C=O) groups is 1. The summed E-state index contributed by atoms with van der Waals surface area (Å²) in [5.74, 6) is 2.56. The molecule has 0 spiro atoms. The molecule has 136 valence electrons. The maximum Gasteiger partial charge on any atom is 0.227 e. The van der Waals surface area contributed by atoms with Gasteiger partial charge in [-0.05, 0) is 42.9 Å². The van der Waals surface area contributed by atoms with E-state index in [4.69, 9.17) is 4.74 Å². The first kappa shape index (κ1) is 15.9. The maximum atomic E-state index is 12.9. The van der Waals surface area contributed by atoms with E-state index in [0.29, 0.717) is 18.4 Å². The highest BCUT2D eigenvalue weighted by Gasteiger charge is 2.32. The molecule has 2 fully saturated rings. The van der Waals surface area contributed by atoms with Crippen molar-refractivity contribution in [3.63, 3.8) is 0 Å². The normalized spacial score (nSPS) is 22.2. The predicted octanol–water partition coefficient (Wildman–Crippen LogP) is 2.50. The van der Waals surface area contributed by atoms with Crippen molar-refractivity contribution >= 4 is 5.91 Å². The molecular weight excluding hydrogens is 328 g/mol. The topological polar surface area (TPSA) is 60.2 Å². The molecule has 6 heteroatoms. The van der Waals surface area contributed by atoms with Crippen LogP contribution in [0.1, 0.15) is 54.6 Å². The van der Waals surface area contributed by atoms with E-state index < -0.39 is 0 Å². The fraction of sp³-hybridized carbons (Fsp3) is 0.550. The second-order valence-electron chi connectivity index (χ2n) is 7.72. The van der Waals surface area contributed by atoms with E-state index in [9.17, 15) is 4.79 Å². The van der Waals surface area contributed by atoms with Crippen molar-refractivity contribution < 1.29 is 9.53 Å². The van der Waals surface area contributed by atoms with Crippen LogP contribution in [0.2, 0.25) is 0 Å². The number of benzene rings is 1. The molecule has 5 rings (SSSR count). The number of nitrogens with zero attached hydrogens (tertiary/aromatic N) is 4. The lowest BCUT2D eigenvalue weighted by molar-refractivity contribution is -0.131. The van der Waals surface area contributed by atoms with Crippen LogP contribution in [-0.2, 0) is 17.6 Å². The Balaban J connectivity index is 1.27. The van der Waals surface area contributed by atoms with Crippen LogP contribution in [0.5, 0.6) is 5.75 Å². The number of piperidine rings is 1. The summed E-state index contributed by atoms with van der Waals surface area (Å²) in [4.78, 5) is 14.9. The average Bonchev–Trinajstić information content (AvgIpc) is 3.20. The van der Waals surface area contributed by atoms with Gasteiger partial charge >= 0.3 is 0 Å². The quantitative estimate of drug-likeness (QED) is 0.848. The fourth-order valence-electron chi connectivity index (χ4n) is 4.23. The van der Waals surface area contributed by atoms with Gasteiger partial charge in [0.1, 0.15) is 17.9 Å². The van der Waals surface area contributed by atoms with E-state index >= 15 is 0 Å². The van der Waals surface area contributed by atoms with E-state index in [-0.39, 0.29) is 5.91 Å². The van der Waals surface area contributed by atoms with Crippen LogP contribution < -0.4 is 4.74 Å². The number of amides is 1. The van der Waals surface area contributed by atoms with Crippen molar-refractivity contribution in [2.75, 3.05) is 19.7 Å². The van der Waals surface area contributed by atoms with Crippen LogP contribution in [-0.4, -0.2) is 45.3 Å². The van der Waals surface area contributed by atoms with Crippen LogP contribution in [0.25, 0.3) is 0 Å². The SMILES string of the molecule is O=C(Cc1ccc2c(c1)CCO2)N1CCCC(c2nncn2C2CC2)C1. The Bertz CT molecular complexity index is 827. The number of hydrogen-bond acceptors (Lipinski definition) is 4. The van der Waals surface area contributed by atoms with Crippen molar-refractivity contribution in [2.24, 2.45) is 0 Å². The van der Waals surface area contributed by atoms with Gasteiger partial charge in [-0.1, -0.05) is 12.1 Å². The number of fused-ring (bicyclic) bond motifs is 1. The molecule has 1 amide bonds. The molecule has 2 aromatic rings. The third-order valence-corrected chi connectivity index (χ3v) is 5.79. The summed E-state index contributed by atoms with van der Waals surface area (Å²) in [6.45, 7) is 2.36. The molecule has 0 N–H and O–H groups in total. The number of likely N-dealkylation sites (tertiary alicyclic amines) is 1. The van der Waals surface area contributed by atoms with E-state index in [1.807, 2.05) is 23.4 Å². The zero-order valence-corrected chi connectivity index (χ0v) is 14.9. The van der Waals surface area contributed by atoms with E-state index in [0.717, 1.165) is 56.1 Å². The van der Waals surface area contributed by atoms with Gasteiger partial charge in [0.2, 0.25) is 5.91 Å². The Morgan fingerprint density at radius 2 is 2.19 bits per heavy atom. The maximum absolute atomic E-state index is 12.9.